The quantitative estimate of drug-likeness (QED) is 0.892. The van der Waals surface area contributed by atoms with Gasteiger partial charge in [-0.25, -0.2) is 0 Å². The highest BCUT2D eigenvalue weighted by atomic mass is 35.5. The standard InChI is InChI=1S/C16H15ClN2O2/c1-19-15(11-4-2-3-5-13(11)17)9-14(18-19)12-7-6-10(20)8-16(12)21/h2-8,15,20-21H,9H2,1H3. The van der Waals surface area contributed by atoms with Crippen molar-refractivity contribution in [1.82, 2.24) is 5.01 Å². The largest absolute Gasteiger partial charge is 0.508 e. The maximum atomic E-state index is 9.96. The summed E-state index contributed by atoms with van der Waals surface area (Å²) >= 11 is 6.26. The Balaban J connectivity index is 1.92. The Morgan fingerprint density at radius 1 is 1.19 bits per heavy atom. The maximum absolute atomic E-state index is 9.96. The van der Waals surface area contributed by atoms with Crippen LogP contribution >= 0.6 is 11.6 Å². The lowest BCUT2D eigenvalue weighted by molar-refractivity contribution is 0.290. The molecule has 0 amide bonds. The summed E-state index contributed by atoms with van der Waals surface area (Å²) in [6, 6.07) is 12.3. The first-order valence-corrected chi connectivity index (χ1v) is 7.01. The lowest BCUT2D eigenvalue weighted by Crippen LogP contribution is -2.14. The fourth-order valence-corrected chi connectivity index (χ4v) is 2.86. The summed E-state index contributed by atoms with van der Waals surface area (Å²) in [6.45, 7) is 0. The first-order valence-electron chi connectivity index (χ1n) is 6.63. The van der Waals surface area contributed by atoms with Gasteiger partial charge in [-0.05, 0) is 23.8 Å². The highest BCUT2D eigenvalue weighted by molar-refractivity contribution is 6.31. The van der Waals surface area contributed by atoms with E-state index in [-0.39, 0.29) is 17.5 Å². The lowest BCUT2D eigenvalue weighted by Gasteiger charge is -2.20. The van der Waals surface area contributed by atoms with E-state index < -0.39 is 0 Å². The van der Waals surface area contributed by atoms with E-state index in [1.54, 1.807) is 12.1 Å². The van der Waals surface area contributed by atoms with Crippen LogP contribution in [0.2, 0.25) is 5.02 Å². The normalized spacial score (nSPS) is 17.9. The van der Waals surface area contributed by atoms with Crippen molar-refractivity contribution in [2.75, 3.05) is 7.05 Å². The number of rotatable bonds is 2. The number of benzene rings is 2. The van der Waals surface area contributed by atoms with Crippen molar-refractivity contribution in [2.45, 2.75) is 12.5 Å². The monoisotopic (exact) mass is 302 g/mol. The molecule has 1 unspecified atom stereocenters. The molecule has 0 aromatic heterocycles. The van der Waals surface area contributed by atoms with Gasteiger partial charge in [0, 0.05) is 30.1 Å². The second-order valence-electron chi connectivity index (χ2n) is 5.06. The zero-order valence-electron chi connectivity index (χ0n) is 11.5. The Morgan fingerprint density at radius 2 is 1.95 bits per heavy atom. The number of hydrogen-bond acceptors (Lipinski definition) is 4. The molecular formula is C16H15ClN2O2. The van der Waals surface area contributed by atoms with E-state index in [1.165, 1.54) is 6.07 Å². The van der Waals surface area contributed by atoms with E-state index in [1.807, 2.05) is 36.3 Å². The zero-order valence-corrected chi connectivity index (χ0v) is 12.2. The van der Waals surface area contributed by atoms with Crippen LogP contribution in [-0.4, -0.2) is 28.0 Å². The summed E-state index contributed by atoms with van der Waals surface area (Å²) < 4.78 is 0. The molecule has 0 saturated carbocycles. The van der Waals surface area contributed by atoms with Crippen LogP contribution in [0.25, 0.3) is 0 Å². The molecule has 1 atom stereocenters. The summed E-state index contributed by atoms with van der Waals surface area (Å²) in [7, 11) is 1.89. The van der Waals surface area contributed by atoms with Crippen LogP contribution in [0.3, 0.4) is 0 Å². The molecule has 2 N–H and O–H groups in total. The smallest absolute Gasteiger partial charge is 0.128 e. The highest BCUT2D eigenvalue weighted by Gasteiger charge is 2.28. The molecule has 0 fully saturated rings. The summed E-state index contributed by atoms with van der Waals surface area (Å²) in [4.78, 5) is 0. The number of hydrogen-bond donors (Lipinski definition) is 2. The van der Waals surface area contributed by atoms with Gasteiger partial charge >= 0.3 is 0 Å². The van der Waals surface area contributed by atoms with Crippen LogP contribution in [0, 0.1) is 0 Å². The minimum atomic E-state index is 0.0296. The fraction of sp³-hybridized carbons (Fsp3) is 0.188. The predicted molar refractivity (Wildman–Crippen MR) is 82.9 cm³/mol. The summed E-state index contributed by atoms with van der Waals surface area (Å²) in [5.74, 6) is 0.0628. The molecule has 1 aliphatic rings. The van der Waals surface area contributed by atoms with Crippen molar-refractivity contribution in [3.8, 4) is 11.5 Å². The average Bonchev–Trinajstić information content (AvgIpc) is 2.81. The first kappa shape index (κ1) is 13.8. The van der Waals surface area contributed by atoms with E-state index in [4.69, 9.17) is 11.6 Å². The van der Waals surface area contributed by atoms with Gasteiger partial charge in [0.05, 0.1) is 11.8 Å². The first-order chi connectivity index (χ1) is 10.1. The van der Waals surface area contributed by atoms with Crippen LogP contribution in [0.15, 0.2) is 47.6 Å². The van der Waals surface area contributed by atoms with Gasteiger partial charge in [0.15, 0.2) is 0 Å². The molecule has 0 aliphatic carbocycles. The van der Waals surface area contributed by atoms with Crippen molar-refractivity contribution in [2.24, 2.45) is 5.10 Å². The Labute approximate surface area is 127 Å². The Kier molecular flexibility index (Phi) is 3.47. The van der Waals surface area contributed by atoms with Gasteiger partial charge in [0.2, 0.25) is 0 Å². The number of hydrazone groups is 1. The van der Waals surface area contributed by atoms with E-state index >= 15 is 0 Å². The second-order valence-corrected chi connectivity index (χ2v) is 5.47. The van der Waals surface area contributed by atoms with Gasteiger partial charge in [0.25, 0.3) is 0 Å². The van der Waals surface area contributed by atoms with E-state index in [0.717, 1.165) is 11.3 Å². The number of halogens is 1. The molecule has 3 rings (SSSR count). The van der Waals surface area contributed by atoms with Gasteiger partial charge < -0.3 is 10.2 Å². The van der Waals surface area contributed by atoms with Crippen molar-refractivity contribution < 1.29 is 10.2 Å². The lowest BCUT2D eigenvalue weighted by atomic mass is 9.98. The molecule has 0 radical (unpaired) electrons. The maximum Gasteiger partial charge on any atom is 0.128 e. The number of phenolic OH excluding ortho intramolecular Hbond substituents is 2. The molecule has 21 heavy (non-hydrogen) atoms. The van der Waals surface area contributed by atoms with Crippen molar-refractivity contribution >= 4 is 17.3 Å². The molecule has 4 nitrogen and oxygen atoms in total. The minimum Gasteiger partial charge on any atom is -0.508 e. The van der Waals surface area contributed by atoms with Crippen molar-refractivity contribution in [1.29, 1.82) is 0 Å². The van der Waals surface area contributed by atoms with E-state index in [0.29, 0.717) is 17.0 Å². The average molecular weight is 303 g/mol. The topological polar surface area (TPSA) is 56.1 Å². The molecule has 2 aromatic rings. The molecule has 1 heterocycles. The Hall–Kier alpha value is -2.20. The third kappa shape index (κ3) is 2.54. The van der Waals surface area contributed by atoms with Gasteiger partial charge in [-0.3, -0.25) is 5.01 Å². The summed E-state index contributed by atoms with van der Waals surface area (Å²) in [5, 5.41) is 26.4. The molecule has 108 valence electrons. The number of aromatic hydroxyl groups is 2. The zero-order chi connectivity index (χ0) is 15.0. The third-order valence-corrected chi connectivity index (χ3v) is 4.02. The highest BCUT2D eigenvalue weighted by Crippen LogP contribution is 2.36. The van der Waals surface area contributed by atoms with Crippen LogP contribution < -0.4 is 0 Å². The molecule has 2 aromatic carbocycles. The Bertz CT molecular complexity index is 715. The molecule has 5 heteroatoms. The van der Waals surface area contributed by atoms with Crippen LogP contribution in [0.4, 0.5) is 0 Å². The van der Waals surface area contributed by atoms with Gasteiger partial charge in [-0.2, -0.15) is 5.10 Å². The van der Waals surface area contributed by atoms with Crippen LogP contribution in [-0.2, 0) is 0 Å². The molecule has 1 aliphatic heterocycles. The molecule has 0 bridgehead atoms. The Morgan fingerprint density at radius 3 is 2.67 bits per heavy atom. The molecular weight excluding hydrogens is 288 g/mol. The number of nitrogens with zero attached hydrogens (tertiary/aromatic N) is 2. The van der Waals surface area contributed by atoms with E-state index in [2.05, 4.69) is 5.10 Å². The van der Waals surface area contributed by atoms with Gasteiger partial charge in [-0.1, -0.05) is 29.8 Å². The summed E-state index contributed by atoms with van der Waals surface area (Å²) in [5.41, 5.74) is 2.42. The molecule has 0 saturated heterocycles. The molecule has 0 spiro atoms. The SMILES string of the molecule is CN1N=C(c2ccc(O)cc2O)CC1c1ccccc1Cl. The second kappa shape index (κ2) is 5.30. The van der Waals surface area contributed by atoms with Gasteiger partial charge in [0.1, 0.15) is 11.5 Å². The number of phenols is 2. The summed E-state index contributed by atoms with van der Waals surface area (Å²) in [6.07, 6.45) is 0.651. The predicted octanol–water partition coefficient (Wildman–Crippen LogP) is 3.53. The van der Waals surface area contributed by atoms with Crippen LogP contribution in [0.5, 0.6) is 11.5 Å². The van der Waals surface area contributed by atoms with Crippen molar-refractivity contribution in [3.05, 3.63) is 58.6 Å². The third-order valence-electron chi connectivity index (χ3n) is 3.67. The van der Waals surface area contributed by atoms with Crippen molar-refractivity contribution in [3.63, 3.8) is 0 Å². The van der Waals surface area contributed by atoms with Gasteiger partial charge in [-0.15, -0.1) is 0 Å². The minimum absolute atomic E-state index is 0.0296. The van der Waals surface area contributed by atoms with E-state index in [9.17, 15) is 10.2 Å². The fourth-order valence-electron chi connectivity index (χ4n) is 2.60. The van der Waals surface area contributed by atoms with Crippen LogP contribution in [0.1, 0.15) is 23.6 Å².